The molecule has 1 aromatic heterocycles. The highest BCUT2D eigenvalue weighted by atomic mass is 35.5. The number of aryl methyl sites for hydroxylation is 1. The van der Waals surface area contributed by atoms with Gasteiger partial charge in [0.15, 0.2) is 0 Å². The van der Waals surface area contributed by atoms with Crippen LogP contribution in [0.25, 0.3) is 0 Å². The molecule has 3 nitrogen and oxygen atoms in total. The van der Waals surface area contributed by atoms with Crippen LogP contribution in [0.3, 0.4) is 0 Å². The van der Waals surface area contributed by atoms with Gasteiger partial charge in [0.25, 0.3) is 0 Å². The highest BCUT2D eigenvalue weighted by molar-refractivity contribution is 6.30. The Kier molecular flexibility index (Phi) is 5.59. The lowest BCUT2D eigenvalue weighted by Crippen LogP contribution is -2.23. The van der Waals surface area contributed by atoms with Gasteiger partial charge in [-0.15, -0.1) is 0 Å². The lowest BCUT2D eigenvalue weighted by atomic mass is 10.2. The van der Waals surface area contributed by atoms with Crippen molar-refractivity contribution < 1.29 is 4.74 Å². The van der Waals surface area contributed by atoms with E-state index in [0.29, 0.717) is 19.2 Å². The number of aromatic nitrogens is 1. The summed E-state index contributed by atoms with van der Waals surface area (Å²) in [5.41, 5.74) is 2.97. The van der Waals surface area contributed by atoms with Gasteiger partial charge < -0.3 is 10.1 Å². The van der Waals surface area contributed by atoms with Crippen LogP contribution in [0.2, 0.25) is 5.02 Å². The zero-order valence-corrected chi connectivity index (χ0v) is 13.4. The molecule has 0 spiro atoms. The van der Waals surface area contributed by atoms with Gasteiger partial charge in [-0.3, -0.25) is 4.98 Å². The number of ether oxygens (including phenoxy) is 1. The van der Waals surface area contributed by atoms with Crippen LogP contribution >= 0.6 is 11.6 Å². The SMILES string of the molecule is Cc1ccc(OCc2cccc(Cl)c2)c(CNC(C)C)n1. The Labute approximate surface area is 131 Å². The molecule has 1 heterocycles. The number of halogens is 1. The number of hydrogen-bond acceptors (Lipinski definition) is 3. The number of nitrogens with zero attached hydrogens (tertiary/aromatic N) is 1. The molecule has 0 saturated heterocycles. The fraction of sp³-hybridized carbons (Fsp3) is 0.353. The zero-order valence-electron chi connectivity index (χ0n) is 12.7. The Morgan fingerprint density at radius 3 is 2.76 bits per heavy atom. The van der Waals surface area contributed by atoms with Crippen LogP contribution in [-0.4, -0.2) is 11.0 Å². The van der Waals surface area contributed by atoms with Crippen LogP contribution in [-0.2, 0) is 13.2 Å². The summed E-state index contributed by atoms with van der Waals surface area (Å²) in [6.07, 6.45) is 0. The lowest BCUT2D eigenvalue weighted by Gasteiger charge is -2.14. The van der Waals surface area contributed by atoms with Crippen molar-refractivity contribution in [2.45, 2.75) is 40.0 Å². The Balaban J connectivity index is 2.08. The summed E-state index contributed by atoms with van der Waals surface area (Å²) < 4.78 is 5.90. The molecule has 2 rings (SSSR count). The number of pyridine rings is 1. The molecule has 0 atom stereocenters. The van der Waals surface area contributed by atoms with Gasteiger partial charge in [-0.25, -0.2) is 0 Å². The number of nitrogens with one attached hydrogen (secondary N) is 1. The fourth-order valence-electron chi connectivity index (χ4n) is 1.94. The van der Waals surface area contributed by atoms with Crippen LogP contribution in [0.1, 0.15) is 30.8 Å². The minimum Gasteiger partial charge on any atom is -0.487 e. The molecular weight excluding hydrogens is 284 g/mol. The van der Waals surface area contributed by atoms with E-state index in [1.54, 1.807) is 0 Å². The average molecular weight is 305 g/mol. The molecule has 0 fully saturated rings. The first kappa shape index (κ1) is 15.8. The van der Waals surface area contributed by atoms with E-state index in [1.807, 2.05) is 43.3 Å². The molecule has 0 bridgehead atoms. The van der Waals surface area contributed by atoms with Gasteiger partial charge in [0.2, 0.25) is 0 Å². The second-order valence-electron chi connectivity index (χ2n) is 5.35. The van der Waals surface area contributed by atoms with Crippen LogP contribution in [0.4, 0.5) is 0 Å². The average Bonchev–Trinajstić information content (AvgIpc) is 2.44. The van der Waals surface area contributed by atoms with Gasteiger partial charge in [-0.1, -0.05) is 37.6 Å². The van der Waals surface area contributed by atoms with E-state index in [2.05, 4.69) is 24.1 Å². The molecule has 2 aromatic rings. The van der Waals surface area contributed by atoms with Crippen molar-refractivity contribution >= 4 is 11.6 Å². The summed E-state index contributed by atoms with van der Waals surface area (Å²) in [7, 11) is 0. The van der Waals surface area contributed by atoms with E-state index in [0.717, 1.165) is 27.7 Å². The second kappa shape index (κ2) is 7.43. The van der Waals surface area contributed by atoms with Crippen LogP contribution < -0.4 is 10.1 Å². The minimum absolute atomic E-state index is 0.410. The maximum absolute atomic E-state index is 5.99. The first-order valence-corrected chi connectivity index (χ1v) is 7.49. The number of benzene rings is 1. The van der Waals surface area contributed by atoms with E-state index < -0.39 is 0 Å². The van der Waals surface area contributed by atoms with Crippen molar-refractivity contribution in [2.24, 2.45) is 0 Å². The highest BCUT2D eigenvalue weighted by Gasteiger charge is 2.07. The largest absolute Gasteiger partial charge is 0.487 e. The predicted molar refractivity (Wildman–Crippen MR) is 86.7 cm³/mol. The molecule has 0 amide bonds. The maximum Gasteiger partial charge on any atom is 0.142 e. The smallest absolute Gasteiger partial charge is 0.142 e. The molecule has 0 aliphatic heterocycles. The molecular formula is C17H21ClN2O. The predicted octanol–water partition coefficient (Wildman–Crippen LogP) is 4.12. The molecule has 4 heteroatoms. The highest BCUT2D eigenvalue weighted by Crippen LogP contribution is 2.19. The summed E-state index contributed by atoms with van der Waals surface area (Å²) in [5.74, 6) is 0.814. The summed E-state index contributed by atoms with van der Waals surface area (Å²) >= 11 is 5.99. The number of hydrogen-bond donors (Lipinski definition) is 1. The molecule has 0 aliphatic carbocycles. The molecule has 21 heavy (non-hydrogen) atoms. The normalized spacial score (nSPS) is 10.9. The summed E-state index contributed by atoms with van der Waals surface area (Å²) in [6, 6.07) is 12.0. The minimum atomic E-state index is 0.410. The second-order valence-corrected chi connectivity index (χ2v) is 5.79. The first-order chi connectivity index (χ1) is 10.0. The molecule has 0 unspecified atom stereocenters. The quantitative estimate of drug-likeness (QED) is 0.871. The van der Waals surface area contributed by atoms with Crippen molar-refractivity contribution in [3.8, 4) is 5.75 Å². The third kappa shape index (κ3) is 5.03. The zero-order chi connectivity index (χ0) is 15.2. The van der Waals surface area contributed by atoms with E-state index >= 15 is 0 Å². The van der Waals surface area contributed by atoms with Gasteiger partial charge in [0.1, 0.15) is 12.4 Å². The Bertz CT molecular complexity index is 599. The van der Waals surface area contributed by atoms with Crippen molar-refractivity contribution in [1.82, 2.24) is 10.3 Å². The van der Waals surface area contributed by atoms with Crippen molar-refractivity contribution in [2.75, 3.05) is 0 Å². The molecule has 0 aliphatic rings. The molecule has 1 N–H and O–H groups in total. The molecule has 112 valence electrons. The van der Waals surface area contributed by atoms with Crippen LogP contribution in [0.15, 0.2) is 36.4 Å². The number of rotatable bonds is 6. The fourth-order valence-corrected chi connectivity index (χ4v) is 2.16. The van der Waals surface area contributed by atoms with Crippen molar-refractivity contribution in [3.63, 3.8) is 0 Å². The summed E-state index contributed by atoms with van der Waals surface area (Å²) in [5, 5.41) is 4.10. The summed E-state index contributed by atoms with van der Waals surface area (Å²) in [6.45, 7) is 7.40. The first-order valence-electron chi connectivity index (χ1n) is 7.12. The summed E-state index contributed by atoms with van der Waals surface area (Å²) in [4.78, 5) is 4.56. The Morgan fingerprint density at radius 1 is 1.24 bits per heavy atom. The third-order valence-corrected chi connectivity index (χ3v) is 3.27. The van der Waals surface area contributed by atoms with Gasteiger partial charge in [-0.05, 0) is 36.8 Å². The topological polar surface area (TPSA) is 34.1 Å². The maximum atomic E-state index is 5.99. The van der Waals surface area contributed by atoms with Gasteiger partial charge in [0.05, 0.1) is 5.69 Å². The Morgan fingerprint density at radius 2 is 2.05 bits per heavy atom. The van der Waals surface area contributed by atoms with Crippen LogP contribution in [0, 0.1) is 6.92 Å². The van der Waals surface area contributed by atoms with Crippen molar-refractivity contribution in [1.29, 1.82) is 0 Å². The van der Waals surface area contributed by atoms with Gasteiger partial charge >= 0.3 is 0 Å². The third-order valence-electron chi connectivity index (χ3n) is 3.03. The Hall–Kier alpha value is -1.58. The van der Waals surface area contributed by atoms with E-state index in [9.17, 15) is 0 Å². The van der Waals surface area contributed by atoms with Gasteiger partial charge in [0, 0.05) is 23.3 Å². The van der Waals surface area contributed by atoms with Crippen molar-refractivity contribution in [3.05, 3.63) is 58.4 Å². The van der Waals surface area contributed by atoms with E-state index in [1.165, 1.54) is 0 Å². The van der Waals surface area contributed by atoms with Crippen LogP contribution in [0.5, 0.6) is 5.75 Å². The monoisotopic (exact) mass is 304 g/mol. The molecule has 0 saturated carbocycles. The van der Waals surface area contributed by atoms with Gasteiger partial charge in [-0.2, -0.15) is 0 Å². The molecule has 1 aromatic carbocycles. The van der Waals surface area contributed by atoms with E-state index in [-0.39, 0.29) is 0 Å². The van der Waals surface area contributed by atoms with E-state index in [4.69, 9.17) is 16.3 Å². The lowest BCUT2D eigenvalue weighted by molar-refractivity contribution is 0.299. The standard InChI is InChI=1S/C17H21ClN2O/c1-12(2)19-10-16-17(8-7-13(3)20-16)21-11-14-5-4-6-15(18)9-14/h4-9,12,19H,10-11H2,1-3H3. The molecule has 0 radical (unpaired) electrons.